The van der Waals surface area contributed by atoms with E-state index < -0.39 is 0 Å². The highest BCUT2D eigenvalue weighted by molar-refractivity contribution is 5.77. The van der Waals surface area contributed by atoms with Crippen LogP contribution in [0.2, 0.25) is 0 Å². The average molecular weight is 850 g/mol. The Morgan fingerprint density at radius 1 is 0.350 bits per heavy atom. The summed E-state index contributed by atoms with van der Waals surface area (Å²) in [6.07, 6.45) is 43.5. The Bertz CT molecular complexity index is 860. The molecule has 0 amide bonds. The van der Waals surface area contributed by atoms with E-state index in [0.29, 0.717) is 13.2 Å². The molecule has 6 heteroatoms. The summed E-state index contributed by atoms with van der Waals surface area (Å²) >= 11 is 0. The van der Waals surface area contributed by atoms with Crippen molar-refractivity contribution < 1.29 is 24.2 Å². The first-order valence-electron chi connectivity index (χ1n) is 27.0. The molecule has 0 rings (SSSR count). The van der Waals surface area contributed by atoms with E-state index in [1.165, 1.54) is 103 Å². The third kappa shape index (κ3) is 30.8. The lowest BCUT2D eigenvalue weighted by molar-refractivity contribution is -0.159. The standard InChI is InChI=1S/C54H107NO5/c1-7-13-17-21-23-31-43-53(39-11-5,41-29-19-15-9-3)51(57)59-49-37-27-25-33-45-55(47-35-36-48-56)46-34-26-28-38-50-60-52(58)54(40-12-6,42-30-20-16-10-4)44-32-24-22-18-14-8-2/h56H,7-50H2,1-6H3. The van der Waals surface area contributed by atoms with Gasteiger partial charge in [-0.25, -0.2) is 0 Å². The molecule has 0 saturated heterocycles. The zero-order valence-electron chi connectivity index (χ0n) is 41.6. The number of esters is 2. The molecule has 0 aliphatic carbocycles. The Labute approximate surface area is 375 Å². The van der Waals surface area contributed by atoms with Crippen LogP contribution in [-0.4, -0.2) is 61.4 Å². The van der Waals surface area contributed by atoms with Gasteiger partial charge >= 0.3 is 11.9 Å². The fourth-order valence-corrected chi connectivity index (χ4v) is 9.59. The topological polar surface area (TPSA) is 76.1 Å². The van der Waals surface area contributed by atoms with Crippen LogP contribution in [0.4, 0.5) is 0 Å². The van der Waals surface area contributed by atoms with Gasteiger partial charge in [-0.05, 0) is 96.7 Å². The van der Waals surface area contributed by atoms with E-state index in [2.05, 4.69) is 46.4 Å². The van der Waals surface area contributed by atoms with Gasteiger partial charge in [0.25, 0.3) is 0 Å². The summed E-state index contributed by atoms with van der Waals surface area (Å²) in [5.41, 5.74) is -0.568. The predicted molar refractivity (Wildman–Crippen MR) is 260 cm³/mol. The van der Waals surface area contributed by atoms with Gasteiger partial charge in [-0.2, -0.15) is 0 Å². The number of ether oxygens (including phenoxy) is 2. The van der Waals surface area contributed by atoms with Crippen LogP contribution in [0, 0.1) is 10.8 Å². The molecule has 0 saturated carbocycles. The first kappa shape index (κ1) is 58.9. The van der Waals surface area contributed by atoms with Crippen molar-refractivity contribution in [1.29, 1.82) is 0 Å². The molecule has 60 heavy (non-hydrogen) atoms. The van der Waals surface area contributed by atoms with Crippen molar-refractivity contribution in [3.8, 4) is 0 Å². The van der Waals surface area contributed by atoms with Gasteiger partial charge < -0.3 is 19.5 Å². The van der Waals surface area contributed by atoms with Crippen molar-refractivity contribution in [3.63, 3.8) is 0 Å². The molecular weight excluding hydrogens is 743 g/mol. The molecule has 0 aliphatic heterocycles. The fraction of sp³-hybridized carbons (Fsp3) is 0.963. The van der Waals surface area contributed by atoms with Crippen LogP contribution in [0.15, 0.2) is 0 Å². The third-order valence-electron chi connectivity index (χ3n) is 13.4. The number of aliphatic hydroxyl groups excluding tert-OH is 1. The molecule has 2 atom stereocenters. The zero-order chi connectivity index (χ0) is 44.3. The lowest BCUT2D eigenvalue weighted by atomic mass is 9.74. The number of carbonyl (C=O) groups is 2. The summed E-state index contributed by atoms with van der Waals surface area (Å²) in [5, 5.41) is 9.41. The van der Waals surface area contributed by atoms with E-state index in [1.54, 1.807) is 0 Å². The number of hydrogen-bond acceptors (Lipinski definition) is 6. The van der Waals surface area contributed by atoms with Crippen molar-refractivity contribution in [2.75, 3.05) is 39.5 Å². The molecule has 0 spiro atoms. The Morgan fingerprint density at radius 3 is 0.967 bits per heavy atom. The molecule has 0 radical (unpaired) electrons. The van der Waals surface area contributed by atoms with Gasteiger partial charge in [-0.1, -0.05) is 208 Å². The molecule has 0 aromatic heterocycles. The van der Waals surface area contributed by atoms with Crippen LogP contribution in [-0.2, 0) is 19.1 Å². The van der Waals surface area contributed by atoms with Crippen LogP contribution in [0.1, 0.15) is 286 Å². The molecule has 6 nitrogen and oxygen atoms in total. The SMILES string of the molecule is CCCCCCCCC(CCC)(CCCCCC)C(=O)OCCCCCCN(CCCCO)CCCCCCOC(=O)C(CCC)(CCCCCC)CCCCCCCC. The van der Waals surface area contributed by atoms with Crippen LogP contribution < -0.4 is 0 Å². The molecular formula is C54H107NO5. The third-order valence-corrected chi connectivity index (χ3v) is 13.4. The van der Waals surface area contributed by atoms with Crippen LogP contribution in [0.3, 0.4) is 0 Å². The number of carbonyl (C=O) groups excluding carboxylic acids is 2. The van der Waals surface area contributed by atoms with Gasteiger partial charge in [-0.3, -0.25) is 9.59 Å². The number of aliphatic hydroxyl groups is 1. The number of hydrogen-bond donors (Lipinski definition) is 1. The largest absolute Gasteiger partial charge is 0.465 e. The number of unbranched alkanes of at least 4 members (excludes halogenated alkanes) is 23. The van der Waals surface area contributed by atoms with Crippen molar-refractivity contribution in [1.82, 2.24) is 4.90 Å². The number of rotatable bonds is 48. The Morgan fingerprint density at radius 2 is 0.633 bits per heavy atom. The van der Waals surface area contributed by atoms with Gasteiger partial charge in [0.1, 0.15) is 0 Å². The Balaban J connectivity index is 4.80. The minimum absolute atomic E-state index is 0.0912. The van der Waals surface area contributed by atoms with Crippen molar-refractivity contribution in [2.45, 2.75) is 286 Å². The molecule has 0 heterocycles. The second-order valence-corrected chi connectivity index (χ2v) is 19.1. The Kier molecular flexibility index (Phi) is 42.3. The van der Waals surface area contributed by atoms with E-state index in [9.17, 15) is 14.7 Å². The maximum absolute atomic E-state index is 13.7. The summed E-state index contributed by atoms with van der Waals surface area (Å²) in [7, 11) is 0. The quantitative estimate of drug-likeness (QED) is 0.0485. The van der Waals surface area contributed by atoms with E-state index in [-0.39, 0.29) is 29.4 Å². The molecule has 0 aliphatic rings. The molecule has 1 N–H and O–H groups in total. The minimum atomic E-state index is -0.284. The van der Waals surface area contributed by atoms with Crippen LogP contribution in [0.5, 0.6) is 0 Å². The van der Waals surface area contributed by atoms with Crippen LogP contribution in [0.25, 0.3) is 0 Å². The summed E-state index contributed by atoms with van der Waals surface area (Å²) in [4.78, 5) is 30.0. The first-order valence-corrected chi connectivity index (χ1v) is 27.0. The van der Waals surface area contributed by atoms with Crippen LogP contribution >= 0.6 is 0 Å². The molecule has 0 aromatic rings. The summed E-state index contributed by atoms with van der Waals surface area (Å²) in [6.45, 7) is 18.1. The lowest BCUT2D eigenvalue weighted by Gasteiger charge is -2.32. The van der Waals surface area contributed by atoms with Gasteiger partial charge in [0.2, 0.25) is 0 Å². The molecule has 0 bridgehead atoms. The predicted octanol–water partition coefficient (Wildman–Crippen LogP) is 16.3. The Hall–Kier alpha value is -1.14. The van der Waals surface area contributed by atoms with Crippen molar-refractivity contribution >= 4 is 11.9 Å². The van der Waals surface area contributed by atoms with E-state index >= 15 is 0 Å². The second-order valence-electron chi connectivity index (χ2n) is 19.1. The van der Waals surface area contributed by atoms with Gasteiger partial charge in [-0.15, -0.1) is 0 Å². The first-order chi connectivity index (χ1) is 29.3. The zero-order valence-corrected chi connectivity index (χ0v) is 41.6. The normalized spacial score (nSPS) is 13.7. The average Bonchev–Trinajstić information content (AvgIpc) is 3.25. The fourth-order valence-electron chi connectivity index (χ4n) is 9.59. The maximum Gasteiger partial charge on any atom is 0.312 e. The highest BCUT2D eigenvalue weighted by atomic mass is 16.5. The summed E-state index contributed by atoms with van der Waals surface area (Å²) in [5.74, 6) is 0.182. The second kappa shape index (κ2) is 43.1. The van der Waals surface area contributed by atoms with Crippen molar-refractivity contribution in [3.05, 3.63) is 0 Å². The highest BCUT2D eigenvalue weighted by Gasteiger charge is 2.39. The lowest BCUT2D eigenvalue weighted by Crippen LogP contribution is -2.33. The minimum Gasteiger partial charge on any atom is -0.465 e. The maximum atomic E-state index is 13.7. The van der Waals surface area contributed by atoms with Gasteiger partial charge in [0.15, 0.2) is 0 Å². The van der Waals surface area contributed by atoms with Gasteiger partial charge in [0, 0.05) is 6.61 Å². The van der Waals surface area contributed by atoms with Gasteiger partial charge in [0.05, 0.1) is 24.0 Å². The monoisotopic (exact) mass is 850 g/mol. The molecule has 0 aromatic carbocycles. The van der Waals surface area contributed by atoms with E-state index in [1.807, 2.05) is 0 Å². The summed E-state index contributed by atoms with van der Waals surface area (Å²) in [6, 6.07) is 0. The van der Waals surface area contributed by atoms with E-state index in [4.69, 9.17) is 9.47 Å². The number of nitrogens with zero attached hydrogens (tertiary/aromatic N) is 1. The summed E-state index contributed by atoms with van der Waals surface area (Å²) < 4.78 is 12.2. The molecule has 358 valence electrons. The molecule has 2 unspecified atom stereocenters. The van der Waals surface area contributed by atoms with Crippen molar-refractivity contribution in [2.24, 2.45) is 10.8 Å². The smallest absolute Gasteiger partial charge is 0.312 e. The molecule has 0 fully saturated rings. The van der Waals surface area contributed by atoms with E-state index in [0.717, 1.165) is 161 Å². The highest BCUT2D eigenvalue weighted by Crippen LogP contribution is 2.39.